The van der Waals surface area contributed by atoms with Gasteiger partial charge in [0.05, 0.1) is 0 Å². The average molecular weight is 252 g/mol. The van der Waals surface area contributed by atoms with Gasteiger partial charge in [0.25, 0.3) is 0 Å². The summed E-state index contributed by atoms with van der Waals surface area (Å²) in [7, 11) is 0. The monoisotopic (exact) mass is 252 g/mol. The van der Waals surface area contributed by atoms with E-state index >= 15 is 0 Å². The molecular weight excluding hydrogens is 220 g/mol. The maximum atomic E-state index is 3.78. The Kier molecular flexibility index (Phi) is 5.50. The Morgan fingerprint density at radius 1 is 1.22 bits per heavy atom. The van der Waals surface area contributed by atoms with Gasteiger partial charge in [0.1, 0.15) is 0 Å². The largest absolute Gasteiger partial charge is 0.311 e. The summed E-state index contributed by atoms with van der Waals surface area (Å²) >= 11 is 0. The van der Waals surface area contributed by atoms with Crippen molar-refractivity contribution >= 4 is 0 Å². The van der Waals surface area contributed by atoms with E-state index in [4.69, 9.17) is 0 Å². The van der Waals surface area contributed by atoms with Crippen LogP contribution in [0.1, 0.15) is 59.3 Å². The van der Waals surface area contributed by atoms with Gasteiger partial charge in [-0.3, -0.25) is 4.90 Å². The van der Waals surface area contributed by atoms with Crippen molar-refractivity contribution < 1.29 is 0 Å². The van der Waals surface area contributed by atoms with Gasteiger partial charge < -0.3 is 5.32 Å². The minimum Gasteiger partial charge on any atom is -0.311 e. The van der Waals surface area contributed by atoms with Crippen LogP contribution in [0, 0.1) is 11.8 Å². The lowest BCUT2D eigenvalue weighted by molar-refractivity contribution is 0.0862. The smallest absolute Gasteiger partial charge is 0.0246 e. The third kappa shape index (κ3) is 3.96. The normalized spacial score (nSPS) is 31.5. The first-order chi connectivity index (χ1) is 8.74. The molecule has 2 heteroatoms. The van der Waals surface area contributed by atoms with Gasteiger partial charge in [-0.15, -0.1) is 0 Å². The van der Waals surface area contributed by atoms with Crippen LogP contribution in [0.2, 0.25) is 0 Å². The van der Waals surface area contributed by atoms with E-state index < -0.39 is 0 Å². The predicted molar refractivity (Wildman–Crippen MR) is 78.9 cm³/mol. The Morgan fingerprint density at radius 2 is 2.00 bits per heavy atom. The van der Waals surface area contributed by atoms with Crippen LogP contribution in [0.4, 0.5) is 0 Å². The number of hydrogen-bond donors (Lipinski definition) is 1. The topological polar surface area (TPSA) is 15.3 Å². The van der Waals surface area contributed by atoms with Gasteiger partial charge >= 0.3 is 0 Å². The van der Waals surface area contributed by atoms with Crippen LogP contribution in [0.5, 0.6) is 0 Å². The third-order valence-electron chi connectivity index (χ3n) is 5.00. The zero-order valence-corrected chi connectivity index (χ0v) is 12.6. The van der Waals surface area contributed by atoms with Crippen LogP contribution in [-0.2, 0) is 0 Å². The number of hydrogen-bond acceptors (Lipinski definition) is 2. The first kappa shape index (κ1) is 14.3. The molecule has 1 saturated heterocycles. The van der Waals surface area contributed by atoms with Crippen molar-refractivity contribution in [2.75, 3.05) is 19.6 Å². The SMILES string of the molecule is CCCC1CN(CCC2CC2)C(C(C)CC)CN1. The molecule has 3 unspecified atom stereocenters. The quantitative estimate of drug-likeness (QED) is 0.748. The second-order valence-corrected chi connectivity index (χ2v) is 6.57. The molecule has 0 bridgehead atoms. The minimum absolute atomic E-state index is 0.745. The van der Waals surface area contributed by atoms with E-state index in [1.165, 1.54) is 58.2 Å². The highest BCUT2D eigenvalue weighted by Gasteiger charge is 2.31. The fourth-order valence-electron chi connectivity index (χ4n) is 3.29. The van der Waals surface area contributed by atoms with E-state index in [9.17, 15) is 0 Å². The predicted octanol–water partition coefficient (Wildman–Crippen LogP) is 3.28. The summed E-state index contributed by atoms with van der Waals surface area (Å²) in [6, 6.07) is 1.52. The molecule has 2 aliphatic rings. The van der Waals surface area contributed by atoms with Crippen molar-refractivity contribution in [3.05, 3.63) is 0 Å². The van der Waals surface area contributed by atoms with Crippen molar-refractivity contribution in [2.24, 2.45) is 11.8 Å². The molecule has 1 N–H and O–H groups in total. The van der Waals surface area contributed by atoms with Crippen LogP contribution >= 0.6 is 0 Å². The molecule has 0 amide bonds. The van der Waals surface area contributed by atoms with Crippen molar-refractivity contribution in [3.63, 3.8) is 0 Å². The van der Waals surface area contributed by atoms with Gasteiger partial charge in [0.15, 0.2) is 0 Å². The average Bonchev–Trinajstić information content (AvgIpc) is 3.20. The van der Waals surface area contributed by atoms with Crippen molar-refractivity contribution in [1.82, 2.24) is 10.2 Å². The second kappa shape index (κ2) is 6.91. The summed E-state index contributed by atoms with van der Waals surface area (Å²) in [6.07, 6.45) is 8.41. The summed E-state index contributed by atoms with van der Waals surface area (Å²) in [5.74, 6) is 1.90. The summed E-state index contributed by atoms with van der Waals surface area (Å²) in [5, 5.41) is 3.78. The lowest BCUT2D eigenvalue weighted by Gasteiger charge is -2.43. The fraction of sp³-hybridized carbons (Fsp3) is 1.00. The maximum Gasteiger partial charge on any atom is 0.0246 e. The van der Waals surface area contributed by atoms with Crippen LogP contribution < -0.4 is 5.32 Å². The number of nitrogens with zero attached hydrogens (tertiary/aromatic N) is 1. The fourth-order valence-corrected chi connectivity index (χ4v) is 3.29. The van der Waals surface area contributed by atoms with Gasteiger partial charge in [-0.05, 0) is 31.2 Å². The van der Waals surface area contributed by atoms with E-state index in [2.05, 4.69) is 31.0 Å². The Labute approximate surface area is 114 Å². The van der Waals surface area contributed by atoms with Gasteiger partial charge in [-0.1, -0.05) is 46.5 Å². The van der Waals surface area contributed by atoms with E-state index in [0.29, 0.717) is 0 Å². The number of rotatable bonds is 7. The molecule has 3 atom stereocenters. The molecule has 0 aromatic rings. The molecule has 2 fully saturated rings. The molecule has 1 heterocycles. The molecule has 2 rings (SSSR count). The summed E-state index contributed by atoms with van der Waals surface area (Å²) in [5.41, 5.74) is 0. The molecule has 0 spiro atoms. The van der Waals surface area contributed by atoms with Crippen LogP contribution in [0.25, 0.3) is 0 Å². The van der Waals surface area contributed by atoms with Gasteiger partial charge in [0, 0.05) is 25.2 Å². The summed E-state index contributed by atoms with van der Waals surface area (Å²) in [4.78, 5) is 2.81. The molecule has 2 nitrogen and oxygen atoms in total. The first-order valence-electron chi connectivity index (χ1n) is 8.22. The molecule has 0 aromatic heterocycles. The third-order valence-corrected chi connectivity index (χ3v) is 5.00. The second-order valence-electron chi connectivity index (χ2n) is 6.57. The lowest BCUT2D eigenvalue weighted by Crippen LogP contribution is -2.58. The molecule has 1 saturated carbocycles. The molecule has 106 valence electrons. The highest BCUT2D eigenvalue weighted by molar-refractivity contribution is 4.89. The minimum atomic E-state index is 0.745. The standard InChI is InChI=1S/C16H32N2/c1-4-6-15-12-18(10-9-14-7-8-14)16(11-17-15)13(3)5-2/h13-17H,4-12H2,1-3H3. The molecule has 1 aliphatic heterocycles. The molecule has 0 radical (unpaired) electrons. The molecule has 1 aliphatic carbocycles. The van der Waals surface area contributed by atoms with Gasteiger partial charge in [-0.2, -0.15) is 0 Å². The Morgan fingerprint density at radius 3 is 2.61 bits per heavy atom. The Bertz CT molecular complexity index is 237. The van der Waals surface area contributed by atoms with Crippen LogP contribution in [-0.4, -0.2) is 36.6 Å². The maximum absolute atomic E-state index is 3.78. The van der Waals surface area contributed by atoms with Crippen molar-refractivity contribution in [2.45, 2.75) is 71.4 Å². The molecule has 0 aromatic carbocycles. The lowest BCUT2D eigenvalue weighted by atomic mass is 9.93. The zero-order chi connectivity index (χ0) is 13.0. The molecule has 18 heavy (non-hydrogen) atoms. The molecular formula is C16H32N2. The highest BCUT2D eigenvalue weighted by atomic mass is 15.2. The summed E-state index contributed by atoms with van der Waals surface area (Å²) in [6.45, 7) is 10.9. The zero-order valence-electron chi connectivity index (χ0n) is 12.6. The Balaban J connectivity index is 1.86. The van der Waals surface area contributed by atoms with Crippen molar-refractivity contribution in [3.8, 4) is 0 Å². The highest BCUT2D eigenvalue weighted by Crippen LogP contribution is 2.33. The van der Waals surface area contributed by atoms with E-state index in [1.807, 2.05) is 0 Å². The Hall–Kier alpha value is -0.0800. The van der Waals surface area contributed by atoms with Crippen LogP contribution in [0.3, 0.4) is 0 Å². The number of piperazine rings is 1. The van der Waals surface area contributed by atoms with Gasteiger partial charge in [-0.25, -0.2) is 0 Å². The van der Waals surface area contributed by atoms with Gasteiger partial charge in [0.2, 0.25) is 0 Å². The first-order valence-corrected chi connectivity index (χ1v) is 8.22. The van der Waals surface area contributed by atoms with E-state index in [0.717, 1.165) is 23.9 Å². The van der Waals surface area contributed by atoms with Crippen LogP contribution in [0.15, 0.2) is 0 Å². The van der Waals surface area contributed by atoms with Crippen molar-refractivity contribution in [1.29, 1.82) is 0 Å². The van der Waals surface area contributed by atoms with E-state index in [1.54, 1.807) is 0 Å². The number of nitrogens with one attached hydrogen (secondary N) is 1. The van der Waals surface area contributed by atoms with E-state index in [-0.39, 0.29) is 0 Å². The summed E-state index contributed by atoms with van der Waals surface area (Å²) < 4.78 is 0.